The number of carbonyl (C=O) groups excluding carboxylic acids is 1. The molecule has 128 valence electrons. The summed E-state index contributed by atoms with van der Waals surface area (Å²) in [4.78, 5) is 27.6. The lowest BCUT2D eigenvalue weighted by molar-refractivity contribution is -0.170. The Balaban J connectivity index is 2.43. The first-order valence-corrected chi connectivity index (χ1v) is 7.60. The molecule has 0 saturated carbocycles. The van der Waals surface area contributed by atoms with Crippen LogP contribution in [0, 0.1) is 0 Å². The number of rotatable bonds is 6. The van der Waals surface area contributed by atoms with Gasteiger partial charge in [0.2, 0.25) is 5.60 Å². The average molecular weight is 331 g/mol. The minimum atomic E-state index is -1.73. The molecule has 1 atom stereocenters. The predicted octanol–water partition coefficient (Wildman–Crippen LogP) is 2.89. The van der Waals surface area contributed by atoms with Gasteiger partial charge in [0.15, 0.2) is 18.3 Å². The number of benzene rings is 1. The van der Waals surface area contributed by atoms with Crippen LogP contribution in [0.15, 0.2) is 39.5 Å². The first-order chi connectivity index (χ1) is 11.1. The number of hydrogen-bond acceptors (Lipinski definition) is 6. The second-order valence-electron chi connectivity index (χ2n) is 6.64. The normalized spacial score (nSPS) is 16.6. The number of nitrogens with zero attached hydrogens (tertiary/aromatic N) is 3. The summed E-state index contributed by atoms with van der Waals surface area (Å²) in [5, 5.41) is 17.5. The van der Waals surface area contributed by atoms with Gasteiger partial charge in [-0.05, 0) is 33.3 Å². The molecule has 1 aromatic carbocycles. The quantitative estimate of drug-likeness (QED) is 0.810. The van der Waals surface area contributed by atoms with E-state index in [4.69, 9.17) is 4.74 Å². The van der Waals surface area contributed by atoms with Gasteiger partial charge in [-0.15, -0.1) is 5.11 Å². The van der Waals surface area contributed by atoms with Crippen LogP contribution in [0.1, 0.15) is 43.6 Å². The standard InChI is InChI=1S/C17H21N3O4/c1-11(21)13-7-5-12(6-8-13)9-17(15(22)23,24-16(2,3)4)14-18-10-19-20-14/h5-8H,9-10H2,1-4H3,(H,22,23). The molecule has 0 radical (unpaired) electrons. The number of aliphatic imine (C=N–C) groups is 1. The highest BCUT2D eigenvalue weighted by Crippen LogP contribution is 2.29. The lowest BCUT2D eigenvalue weighted by Gasteiger charge is -2.34. The van der Waals surface area contributed by atoms with E-state index in [2.05, 4.69) is 15.2 Å². The van der Waals surface area contributed by atoms with E-state index in [1.807, 2.05) is 0 Å². The maximum absolute atomic E-state index is 12.1. The summed E-state index contributed by atoms with van der Waals surface area (Å²) >= 11 is 0. The van der Waals surface area contributed by atoms with Gasteiger partial charge in [0, 0.05) is 12.0 Å². The van der Waals surface area contributed by atoms with Crippen LogP contribution in [0.4, 0.5) is 0 Å². The molecule has 0 bridgehead atoms. The lowest BCUT2D eigenvalue weighted by Crippen LogP contribution is -2.53. The number of aliphatic carboxylic acids is 1. The van der Waals surface area contributed by atoms with E-state index in [1.54, 1.807) is 45.0 Å². The molecule has 2 rings (SSSR count). The minimum absolute atomic E-state index is 0.0373. The summed E-state index contributed by atoms with van der Waals surface area (Å²) in [6, 6.07) is 6.76. The molecule has 1 aromatic rings. The van der Waals surface area contributed by atoms with Gasteiger partial charge in [-0.25, -0.2) is 9.79 Å². The molecule has 0 aromatic heterocycles. The molecular formula is C17H21N3O4. The number of carboxylic acids is 1. The summed E-state index contributed by atoms with van der Waals surface area (Å²) in [5.41, 5.74) is -1.18. The van der Waals surface area contributed by atoms with Gasteiger partial charge in [-0.3, -0.25) is 4.79 Å². The number of carboxylic acid groups (broad SMARTS) is 1. The zero-order valence-corrected chi connectivity index (χ0v) is 14.2. The molecule has 0 fully saturated rings. The highest BCUT2D eigenvalue weighted by atomic mass is 16.5. The van der Waals surface area contributed by atoms with Crippen LogP contribution in [-0.2, 0) is 16.0 Å². The predicted molar refractivity (Wildman–Crippen MR) is 88.5 cm³/mol. The SMILES string of the molecule is CC(=O)c1ccc(CC(OC(C)(C)C)(C(=O)O)C2=NCN=N2)cc1. The zero-order chi connectivity index (χ0) is 18.0. The summed E-state index contributed by atoms with van der Waals surface area (Å²) in [5.74, 6) is -1.17. The van der Waals surface area contributed by atoms with Crippen molar-refractivity contribution in [2.24, 2.45) is 15.2 Å². The first-order valence-electron chi connectivity index (χ1n) is 7.60. The molecule has 7 nitrogen and oxygen atoms in total. The molecule has 1 heterocycles. The van der Waals surface area contributed by atoms with Crippen LogP contribution in [0.25, 0.3) is 0 Å². The van der Waals surface area contributed by atoms with E-state index in [0.29, 0.717) is 11.1 Å². The molecule has 0 saturated heterocycles. The van der Waals surface area contributed by atoms with Crippen molar-refractivity contribution in [3.8, 4) is 0 Å². The number of hydrogen-bond donors (Lipinski definition) is 1. The molecule has 1 unspecified atom stereocenters. The second kappa shape index (κ2) is 6.60. The van der Waals surface area contributed by atoms with Gasteiger partial charge in [0.1, 0.15) is 0 Å². The Kier molecular flexibility index (Phi) is 4.94. The number of ketones is 1. The molecule has 1 aliphatic heterocycles. The number of ether oxygens (including phenoxy) is 1. The highest BCUT2D eigenvalue weighted by Gasteiger charge is 2.49. The van der Waals surface area contributed by atoms with Crippen LogP contribution < -0.4 is 0 Å². The van der Waals surface area contributed by atoms with Crippen molar-refractivity contribution in [3.63, 3.8) is 0 Å². The molecule has 1 aliphatic rings. The molecule has 0 spiro atoms. The monoisotopic (exact) mass is 331 g/mol. The third kappa shape index (κ3) is 3.91. The van der Waals surface area contributed by atoms with E-state index in [0.717, 1.165) is 0 Å². The Hall–Kier alpha value is -2.41. The Labute approximate surface area is 140 Å². The summed E-state index contributed by atoms with van der Waals surface area (Å²) in [6.45, 7) is 6.90. The third-order valence-corrected chi connectivity index (χ3v) is 3.45. The van der Waals surface area contributed by atoms with E-state index in [-0.39, 0.29) is 24.7 Å². The van der Waals surface area contributed by atoms with E-state index < -0.39 is 17.2 Å². The zero-order valence-electron chi connectivity index (χ0n) is 14.2. The lowest BCUT2D eigenvalue weighted by atomic mass is 9.91. The number of amidine groups is 1. The number of azo groups is 1. The molecule has 24 heavy (non-hydrogen) atoms. The van der Waals surface area contributed by atoms with Gasteiger partial charge in [0.25, 0.3) is 0 Å². The number of carbonyl (C=O) groups is 2. The van der Waals surface area contributed by atoms with Gasteiger partial charge in [0.05, 0.1) is 5.60 Å². The van der Waals surface area contributed by atoms with Gasteiger partial charge in [-0.2, -0.15) is 5.11 Å². The van der Waals surface area contributed by atoms with Crippen molar-refractivity contribution in [2.45, 2.75) is 45.3 Å². The molecular weight excluding hydrogens is 310 g/mol. The van der Waals surface area contributed by atoms with Crippen LogP contribution in [0.5, 0.6) is 0 Å². The highest BCUT2D eigenvalue weighted by molar-refractivity contribution is 6.09. The average Bonchev–Trinajstić information content (AvgIpc) is 3.00. The molecule has 0 amide bonds. The fourth-order valence-electron chi connectivity index (χ4n) is 2.48. The van der Waals surface area contributed by atoms with Crippen molar-refractivity contribution < 1.29 is 19.4 Å². The van der Waals surface area contributed by atoms with Crippen molar-refractivity contribution in [1.82, 2.24) is 0 Å². The minimum Gasteiger partial charge on any atom is -0.479 e. The topological polar surface area (TPSA) is 101 Å². The summed E-state index contributed by atoms with van der Waals surface area (Å²) in [7, 11) is 0. The van der Waals surface area contributed by atoms with Crippen molar-refractivity contribution in [1.29, 1.82) is 0 Å². The third-order valence-electron chi connectivity index (χ3n) is 3.45. The van der Waals surface area contributed by atoms with Crippen molar-refractivity contribution in [2.75, 3.05) is 6.67 Å². The maximum atomic E-state index is 12.1. The van der Waals surface area contributed by atoms with Gasteiger partial charge >= 0.3 is 5.97 Å². The smallest absolute Gasteiger partial charge is 0.344 e. The van der Waals surface area contributed by atoms with E-state index in [1.165, 1.54) is 6.92 Å². The fourth-order valence-corrected chi connectivity index (χ4v) is 2.48. The Morgan fingerprint density at radius 2 is 1.83 bits per heavy atom. The van der Waals surface area contributed by atoms with E-state index >= 15 is 0 Å². The Morgan fingerprint density at radius 3 is 2.25 bits per heavy atom. The summed E-state index contributed by atoms with van der Waals surface area (Å²) in [6.07, 6.45) is 0.0373. The maximum Gasteiger partial charge on any atom is 0.344 e. The molecule has 1 N–H and O–H groups in total. The largest absolute Gasteiger partial charge is 0.479 e. The van der Waals surface area contributed by atoms with Crippen molar-refractivity contribution in [3.05, 3.63) is 35.4 Å². The summed E-state index contributed by atoms with van der Waals surface area (Å²) < 4.78 is 5.90. The molecule has 0 aliphatic carbocycles. The van der Waals surface area contributed by atoms with Crippen LogP contribution >= 0.6 is 0 Å². The molecule has 7 heteroatoms. The second-order valence-corrected chi connectivity index (χ2v) is 6.64. The van der Waals surface area contributed by atoms with Crippen LogP contribution in [0.3, 0.4) is 0 Å². The van der Waals surface area contributed by atoms with Crippen LogP contribution in [-0.4, -0.2) is 40.6 Å². The van der Waals surface area contributed by atoms with Gasteiger partial charge < -0.3 is 9.84 Å². The Morgan fingerprint density at radius 1 is 1.21 bits per heavy atom. The number of Topliss-reactive ketones (excluding diaryl/α,β-unsaturated/α-hetero) is 1. The van der Waals surface area contributed by atoms with E-state index in [9.17, 15) is 14.7 Å². The van der Waals surface area contributed by atoms with Gasteiger partial charge in [-0.1, -0.05) is 24.3 Å². The first kappa shape index (κ1) is 17.9. The van der Waals surface area contributed by atoms with Crippen LogP contribution in [0.2, 0.25) is 0 Å². The Bertz CT molecular complexity index is 702. The van der Waals surface area contributed by atoms with Crippen molar-refractivity contribution >= 4 is 17.6 Å². The fraction of sp³-hybridized carbons (Fsp3) is 0.471.